The highest BCUT2D eigenvalue weighted by Crippen LogP contribution is 2.19. The number of rotatable bonds is 6. The standard InChI is InChI=1S/C16H19BrN2O2S/c1-19(2)16(13-7-4-3-5-8-13)12-18-22(20,21)15-10-6-9-14(17)11-15/h3-11,16,18H,12H2,1-2H3. The molecule has 0 aromatic heterocycles. The van der Waals surface area contributed by atoms with Crippen LogP contribution in [0.4, 0.5) is 0 Å². The van der Waals surface area contributed by atoms with Gasteiger partial charge in [0.1, 0.15) is 0 Å². The van der Waals surface area contributed by atoms with Crippen LogP contribution in [0.25, 0.3) is 0 Å². The maximum atomic E-state index is 12.4. The van der Waals surface area contributed by atoms with Crippen LogP contribution in [0.15, 0.2) is 64.0 Å². The minimum Gasteiger partial charge on any atom is -0.301 e. The van der Waals surface area contributed by atoms with Crippen LogP contribution in [0.1, 0.15) is 11.6 Å². The summed E-state index contributed by atoms with van der Waals surface area (Å²) in [5.41, 5.74) is 1.07. The molecule has 0 aliphatic carbocycles. The molecule has 1 atom stereocenters. The third-order valence-electron chi connectivity index (χ3n) is 3.38. The summed E-state index contributed by atoms with van der Waals surface area (Å²) in [5, 5.41) is 0. The second-order valence-corrected chi connectivity index (χ2v) is 7.88. The van der Waals surface area contributed by atoms with Crippen molar-refractivity contribution in [1.29, 1.82) is 0 Å². The van der Waals surface area contributed by atoms with Crippen LogP contribution in [-0.2, 0) is 10.0 Å². The summed E-state index contributed by atoms with van der Waals surface area (Å²) < 4.78 is 28.2. The van der Waals surface area contributed by atoms with Gasteiger partial charge in [0.15, 0.2) is 0 Å². The second kappa shape index (κ2) is 7.37. The van der Waals surface area contributed by atoms with Crippen molar-refractivity contribution in [2.45, 2.75) is 10.9 Å². The van der Waals surface area contributed by atoms with Crippen LogP contribution in [-0.4, -0.2) is 34.0 Å². The van der Waals surface area contributed by atoms with E-state index in [0.717, 1.165) is 10.0 Å². The van der Waals surface area contributed by atoms with Gasteiger partial charge in [-0.05, 0) is 37.9 Å². The van der Waals surface area contributed by atoms with Gasteiger partial charge >= 0.3 is 0 Å². The summed E-state index contributed by atoms with van der Waals surface area (Å²) >= 11 is 3.29. The molecule has 0 aliphatic rings. The highest BCUT2D eigenvalue weighted by atomic mass is 79.9. The molecule has 0 fully saturated rings. The first-order valence-electron chi connectivity index (χ1n) is 6.87. The first kappa shape index (κ1) is 17.1. The molecule has 0 spiro atoms. The molecule has 0 bridgehead atoms. The molecule has 2 aromatic carbocycles. The monoisotopic (exact) mass is 382 g/mol. The van der Waals surface area contributed by atoms with Crippen molar-refractivity contribution in [2.24, 2.45) is 0 Å². The molecule has 0 heterocycles. The minimum atomic E-state index is -3.53. The summed E-state index contributed by atoms with van der Waals surface area (Å²) in [6.07, 6.45) is 0. The van der Waals surface area contributed by atoms with Crippen LogP contribution >= 0.6 is 15.9 Å². The van der Waals surface area contributed by atoms with E-state index in [9.17, 15) is 8.42 Å². The van der Waals surface area contributed by atoms with Gasteiger partial charge in [-0.3, -0.25) is 0 Å². The van der Waals surface area contributed by atoms with E-state index in [-0.39, 0.29) is 10.9 Å². The average molecular weight is 383 g/mol. The Bertz CT molecular complexity index is 718. The second-order valence-electron chi connectivity index (χ2n) is 5.20. The Morgan fingerprint density at radius 3 is 2.36 bits per heavy atom. The van der Waals surface area contributed by atoms with Crippen molar-refractivity contribution in [3.05, 3.63) is 64.6 Å². The Balaban J connectivity index is 2.16. The first-order chi connectivity index (χ1) is 10.4. The van der Waals surface area contributed by atoms with Crippen molar-refractivity contribution in [3.8, 4) is 0 Å². The number of hydrogen-bond donors (Lipinski definition) is 1. The van der Waals surface area contributed by atoms with Crippen molar-refractivity contribution in [2.75, 3.05) is 20.6 Å². The Hall–Kier alpha value is -1.21. The Morgan fingerprint density at radius 2 is 1.77 bits per heavy atom. The molecule has 22 heavy (non-hydrogen) atoms. The summed E-state index contributed by atoms with van der Waals surface area (Å²) in [4.78, 5) is 2.26. The van der Waals surface area contributed by atoms with Crippen LogP contribution in [0.5, 0.6) is 0 Å². The van der Waals surface area contributed by atoms with Gasteiger partial charge in [-0.15, -0.1) is 0 Å². The molecule has 4 nitrogen and oxygen atoms in total. The summed E-state index contributed by atoms with van der Waals surface area (Å²) in [7, 11) is 0.345. The lowest BCUT2D eigenvalue weighted by atomic mass is 10.1. The molecular weight excluding hydrogens is 364 g/mol. The van der Waals surface area contributed by atoms with Gasteiger partial charge in [0, 0.05) is 17.1 Å². The average Bonchev–Trinajstić information content (AvgIpc) is 2.48. The number of sulfonamides is 1. The molecule has 1 unspecified atom stereocenters. The fourth-order valence-corrected chi connectivity index (χ4v) is 3.81. The van der Waals surface area contributed by atoms with Crippen molar-refractivity contribution in [3.63, 3.8) is 0 Å². The van der Waals surface area contributed by atoms with Gasteiger partial charge in [0.2, 0.25) is 10.0 Å². The lowest BCUT2D eigenvalue weighted by Gasteiger charge is -2.25. The summed E-state index contributed by atoms with van der Waals surface area (Å²) in [6, 6.07) is 16.5. The molecular formula is C16H19BrN2O2S. The largest absolute Gasteiger partial charge is 0.301 e. The Kier molecular flexibility index (Phi) is 5.74. The van der Waals surface area contributed by atoms with Gasteiger partial charge in [-0.2, -0.15) is 0 Å². The Labute approximate surface area is 140 Å². The van der Waals surface area contributed by atoms with Gasteiger partial charge in [0.25, 0.3) is 0 Å². The third-order valence-corrected chi connectivity index (χ3v) is 5.30. The van der Waals surface area contributed by atoms with Gasteiger partial charge in [0.05, 0.1) is 4.90 Å². The molecule has 0 radical (unpaired) electrons. The SMILES string of the molecule is CN(C)C(CNS(=O)(=O)c1cccc(Br)c1)c1ccccc1. The lowest BCUT2D eigenvalue weighted by Crippen LogP contribution is -2.34. The normalized spacial score (nSPS) is 13.3. The maximum Gasteiger partial charge on any atom is 0.240 e. The van der Waals surface area contributed by atoms with Crippen molar-refractivity contribution < 1.29 is 8.42 Å². The smallest absolute Gasteiger partial charge is 0.240 e. The van der Waals surface area contributed by atoms with E-state index >= 15 is 0 Å². The molecule has 0 aliphatic heterocycles. The van der Waals surface area contributed by atoms with Crippen molar-refractivity contribution in [1.82, 2.24) is 9.62 Å². The van der Waals surface area contributed by atoms with E-state index in [1.807, 2.05) is 49.3 Å². The van der Waals surface area contributed by atoms with Crippen molar-refractivity contribution >= 4 is 26.0 Å². The number of hydrogen-bond acceptors (Lipinski definition) is 3. The molecule has 118 valence electrons. The highest BCUT2D eigenvalue weighted by Gasteiger charge is 2.19. The van der Waals surface area contributed by atoms with Crippen LogP contribution in [0, 0.1) is 0 Å². The van der Waals surface area contributed by atoms with Crippen LogP contribution < -0.4 is 4.72 Å². The molecule has 6 heteroatoms. The van der Waals surface area contributed by atoms with E-state index in [1.54, 1.807) is 24.3 Å². The molecule has 1 N–H and O–H groups in total. The zero-order valence-corrected chi connectivity index (χ0v) is 14.9. The van der Waals surface area contributed by atoms with Crippen LogP contribution in [0.2, 0.25) is 0 Å². The summed E-state index contributed by atoms with van der Waals surface area (Å²) in [6.45, 7) is 0.311. The highest BCUT2D eigenvalue weighted by molar-refractivity contribution is 9.10. The Morgan fingerprint density at radius 1 is 1.09 bits per heavy atom. The molecule has 2 rings (SSSR count). The molecule has 0 amide bonds. The summed E-state index contributed by atoms with van der Waals surface area (Å²) in [5.74, 6) is 0. The lowest BCUT2D eigenvalue weighted by molar-refractivity contribution is 0.299. The van der Waals surface area contributed by atoms with E-state index in [1.165, 1.54) is 0 Å². The molecule has 2 aromatic rings. The number of nitrogens with zero attached hydrogens (tertiary/aromatic N) is 1. The van der Waals surface area contributed by atoms with E-state index < -0.39 is 10.0 Å². The van der Waals surface area contributed by atoms with E-state index in [2.05, 4.69) is 20.7 Å². The topological polar surface area (TPSA) is 49.4 Å². The quantitative estimate of drug-likeness (QED) is 0.834. The molecule has 0 saturated carbocycles. The number of halogens is 1. The fourth-order valence-electron chi connectivity index (χ4n) is 2.18. The number of likely N-dealkylation sites (N-methyl/N-ethyl adjacent to an activating group) is 1. The number of benzene rings is 2. The minimum absolute atomic E-state index is 0.0249. The predicted octanol–water partition coefficient (Wildman–Crippen LogP) is 3.03. The van der Waals surface area contributed by atoms with Crippen LogP contribution in [0.3, 0.4) is 0 Å². The van der Waals surface area contributed by atoms with E-state index in [0.29, 0.717) is 6.54 Å². The predicted molar refractivity (Wildman–Crippen MR) is 92.2 cm³/mol. The van der Waals surface area contributed by atoms with E-state index in [4.69, 9.17) is 0 Å². The third kappa shape index (κ3) is 4.39. The fraction of sp³-hybridized carbons (Fsp3) is 0.250. The zero-order valence-electron chi connectivity index (χ0n) is 12.5. The number of nitrogens with one attached hydrogen (secondary N) is 1. The van der Waals surface area contributed by atoms with Gasteiger partial charge < -0.3 is 4.90 Å². The first-order valence-corrected chi connectivity index (χ1v) is 9.14. The zero-order chi connectivity index (χ0) is 16.2. The maximum absolute atomic E-state index is 12.4. The molecule has 0 saturated heterocycles. The van der Waals surface area contributed by atoms with Gasteiger partial charge in [-0.1, -0.05) is 52.3 Å². The van der Waals surface area contributed by atoms with Gasteiger partial charge in [-0.25, -0.2) is 13.1 Å².